The van der Waals surface area contributed by atoms with Gasteiger partial charge >= 0.3 is 5.97 Å². The fourth-order valence-corrected chi connectivity index (χ4v) is 2.54. The fraction of sp³-hybridized carbons (Fsp3) is 0.154. The predicted octanol–water partition coefficient (Wildman–Crippen LogP) is 4.32. The van der Waals surface area contributed by atoms with Crippen molar-refractivity contribution in [3.63, 3.8) is 0 Å². The molecular formula is C13H11Br2NO2. The topological polar surface area (TPSA) is 42.2 Å². The normalized spacial score (nSPS) is 12.4. The molecule has 3 nitrogen and oxygen atoms in total. The summed E-state index contributed by atoms with van der Waals surface area (Å²) in [7, 11) is 0. The first-order chi connectivity index (χ1) is 8.49. The van der Waals surface area contributed by atoms with E-state index in [-0.39, 0.29) is 11.7 Å². The summed E-state index contributed by atoms with van der Waals surface area (Å²) in [5.41, 5.74) is 1.33. The molecule has 0 saturated heterocycles. The Hall–Kier alpha value is -1.07. The highest BCUT2D eigenvalue weighted by atomic mass is 79.9. The molecule has 1 unspecified atom stereocenters. The highest BCUT2D eigenvalue weighted by Crippen LogP contribution is 2.25. The molecule has 5 heteroatoms. The molecule has 0 aliphatic carbocycles. The van der Waals surface area contributed by atoms with Crippen LogP contribution in [-0.4, -0.2) is 15.6 Å². The Morgan fingerprint density at radius 1 is 1.22 bits per heavy atom. The van der Waals surface area contributed by atoms with E-state index in [1.165, 1.54) is 0 Å². The average molecular weight is 373 g/mol. The van der Waals surface area contributed by atoms with Gasteiger partial charge in [-0.3, -0.25) is 0 Å². The summed E-state index contributed by atoms with van der Waals surface area (Å²) in [6, 6.07) is 9.44. The minimum atomic E-state index is -0.926. The third kappa shape index (κ3) is 2.67. The van der Waals surface area contributed by atoms with E-state index in [2.05, 4.69) is 31.9 Å². The SMILES string of the molecule is CC(c1ccc(Br)cc1)n1cc(Br)cc1C(=O)O. The molecule has 2 aromatic rings. The largest absolute Gasteiger partial charge is 0.477 e. The lowest BCUT2D eigenvalue weighted by Crippen LogP contribution is -2.12. The van der Waals surface area contributed by atoms with Crippen molar-refractivity contribution in [2.24, 2.45) is 0 Å². The number of carboxylic acid groups (broad SMARTS) is 1. The van der Waals surface area contributed by atoms with Crippen LogP contribution >= 0.6 is 31.9 Å². The highest BCUT2D eigenvalue weighted by Gasteiger charge is 2.17. The maximum absolute atomic E-state index is 11.2. The molecule has 0 radical (unpaired) electrons. The van der Waals surface area contributed by atoms with E-state index >= 15 is 0 Å². The van der Waals surface area contributed by atoms with Gasteiger partial charge in [-0.15, -0.1) is 0 Å². The minimum absolute atomic E-state index is 0.0319. The Kier molecular flexibility index (Phi) is 3.92. The van der Waals surface area contributed by atoms with Gasteiger partial charge in [-0.05, 0) is 46.6 Å². The van der Waals surface area contributed by atoms with E-state index in [4.69, 9.17) is 5.11 Å². The van der Waals surface area contributed by atoms with Crippen molar-refractivity contribution >= 4 is 37.8 Å². The molecule has 94 valence electrons. The first-order valence-corrected chi connectivity index (χ1v) is 6.94. The Bertz CT molecular complexity index is 575. The van der Waals surface area contributed by atoms with Crippen molar-refractivity contribution in [1.82, 2.24) is 4.57 Å². The van der Waals surface area contributed by atoms with Crippen LogP contribution in [0.1, 0.15) is 29.0 Å². The molecule has 2 rings (SSSR count). The number of benzene rings is 1. The number of hydrogen-bond donors (Lipinski definition) is 1. The number of hydrogen-bond acceptors (Lipinski definition) is 1. The molecule has 0 saturated carbocycles. The first kappa shape index (κ1) is 13.4. The number of aromatic carboxylic acids is 1. The summed E-state index contributed by atoms with van der Waals surface area (Å²) in [4.78, 5) is 11.2. The molecule has 0 fully saturated rings. The monoisotopic (exact) mass is 371 g/mol. The van der Waals surface area contributed by atoms with Gasteiger partial charge in [-0.25, -0.2) is 4.79 Å². The van der Waals surface area contributed by atoms with Crippen LogP contribution < -0.4 is 0 Å². The van der Waals surface area contributed by atoms with Crippen LogP contribution in [0.25, 0.3) is 0 Å². The molecule has 0 amide bonds. The van der Waals surface area contributed by atoms with E-state index in [0.717, 1.165) is 14.5 Å². The van der Waals surface area contributed by atoms with Crippen LogP contribution in [0, 0.1) is 0 Å². The Morgan fingerprint density at radius 2 is 1.83 bits per heavy atom. The summed E-state index contributed by atoms with van der Waals surface area (Å²) in [6.45, 7) is 1.97. The van der Waals surface area contributed by atoms with E-state index < -0.39 is 5.97 Å². The third-order valence-corrected chi connectivity index (χ3v) is 3.77. The van der Waals surface area contributed by atoms with Crippen LogP contribution in [0.3, 0.4) is 0 Å². The summed E-state index contributed by atoms with van der Waals surface area (Å²) in [5, 5.41) is 9.17. The zero-order valence-corrected chi connectivity index (χ0v) is 12.8. The number of halogens is 2. The van der Waals surface area contributed by atoms with Gasteiger partial charge in [-0.1, -0.05) is 28.1 Å². The zero-order chi connectivity index (χ0) is 13.3. The van der Waals surface area contributed by atoms with E-state index in [0.29, 0.717) is 0 Å². The minimum Gasteiger partial charge on any atom is -0.477 e. The van der Waals surface area contributed by atoms with Gasteiger partial charge in [0.25, 0.3) is 0 Å². The molecular weight excluding hydrogens is 362 g/mol. The summed E-state index contributed by atoms with van der Waals surface area (Å²) in [6.07, 6.45) is 1.79. The van der Waals surface area contributed by atoms with Gasteiger partial charge in [0.15, 0.2) is 0 Å². The van der Waals surface area contributed by atoms with Crippen LogP contribution in [0.5, 0.6) is 0 Å². The number of carboxylic acids is 1. The second-order valence-electron chi connectivity index (χ2n) is 3.98. The number of carbonyl (C=O) groups is 1. The van der Waals surface area contributed by atoms with Gasteiger partial charge in [0, 0.05) is 15.1 Å². The summed E-state index contributed by atoms with van der Waals surface area (Å²) < 4.78 is 3.52. The van der Waals surface area contributed by atoms with Crippen LogP contribution in [-0.2, 0) is 0 Å². The zero-order valence-electron chi connectivity index (χ0n) is 9.60. The van der Waals surface area contributed by atoms with Crippen LogP contribution in [0.2, 0.25) is 0 Å². The van der Waals surface area contributed by atoms with Gasteiger partial charge in [0.2, 0.25) is 0 Å². The highest BCUT2D eigenvalue weighted by molar-refractivity contribution is 9.10. The van der Waals surface area contributed by atoms with Crippen molar-refractivity contribution in [3.05, 3.63) is 56.7 Å². The fourth-order valence-electron chi connectivity index (χ4n) is 1.84. The molecule has 0 bridgehead atoms. The molecule has 1 heterocycles. The van der Waals surface area contributed by atoms with Crippen molar-refractivity contribution in [2.45, 2.75) is 13.0 Å². The van der Waals surface area contributed by atoms with E-state index in [1.54, 1.807) is 16.8 Å². The lowest BCUT2D eigenvalue weighted by atomic mass is 10.1. The van der Waals surface area contributed by atoms with Gasteiger partial charge in [-0.2, -0.15) is 0 Å². The molecule has 1 aromatic heterocycles. The standard InChI is InChI=1S/C13H11Br2NO2/c1-8(9-2-4-10(14)5-3-9)16-7-11(15)6-12(16)13(17)18/h2-8H,1H3,(H,17,18). The van der Waals surface area contributed by atoms with Crippen molar-refractivity contribution in [3.8, 4) is 0 Å². The Balaban J connectivity index is 2.42. The second-order valence-corrected chi connectivity index (χ2v) is 5.81. The summed E-state index contributed by atoms with van der Waals surface area (Å²) >= 11 is 6.70. The lowest BCUT2D eigenvalue weighted by molar-refractivity contribution is 0.0684. The van der Waals surface area contributed by atoms with Gasteiger partial charge in [0.05, 0.1) is 6.04 Å². The predicted molar refractivity (Wildman–Crippen MR) is 77.0 cm³/mol. The number of nitrogens with zero attached hydrogens (tertiary/aromatic N) is 1. The maximum Gasteiger partial charge on any atom is 0.352 e. The smallest absolute Gasteiger partial charge is 0.352 e. The Labute approximate surface area is 122 Å². The molecule has 0 aliphatic heterocycles. The average Bonchev–Trinajstić information content (AvgIpc) is 2.71. The van der Waals surface area contributed by atoms with Crippen molar-refractivity contribution < 1.29 is 9.90 Å². The molecule has 0 aliphatic rings. The molecule has 1 N–H and O–H groups in total. The van der Waals surface area contributed by atoms with Crippen LogP contribution in [0.15, 0.2) is 45.5 Å². The maximum atomic E-state index is 11.2. The number of aromatic nitrogens is 1. The van der Waals surface area contributed by atoms with Crippen LogP contribution in [0.4, 0.5) is 0 Å². The van der Waals surface area contributed by atoms with Crippen molar-refractivity contribution in [1.29, 1.82) is 0 Å². The number of rotatable bonds is 3. The second kappa shape index (κ2) is 5.28. The molecule has 1 aromatic carbocycles. The Morgan fingerprint density at radius 3 is 2.39 bits per heavy atom. The first-order valence-electron chi connectivity index (χ1n) is 5.35. The van der Waals surface area contributed by atoms with Crippen molar-refractivity contribution in [2.75, 3.05) is 0 Å². The molecule has 18 heavy (non-hydrogen) atoms. The molecule has 1 atom stereocenters. The molecule has 0 spiro atoms. The quantitative estimate of drug-likeness (QED) is 0.871. The van der Waals surface area contributed by atoms with Gasteiger partial charge in [0.1, 0.15) is 5.69 Å². The van der Waals surface area contributed by atoms with Gasteiger partial charge < -0.3 is 9.67 Å². The van der Waals surface area contributed by atoms with E-state index in [1.807, 2.05) is 31.2 Å². The van der Waals surface area contributed by atoms with E-state index in [9.17, 15) is 4.79 Å². The third-order valence-electron chi connectivity index (χ3n) is 2.80. The lowest BCUT2D eigenvalue weighted by Gasteiger charge is -2.16. The summed E-state index contributed by atoms with van der Waals surface area (Å²) in [5.74, 6) is -0.926.